The Kier molecular flexibility index (Phi) is 6.49. The van der Waals surface area contributed by atoms with Gasteiger partial charge in [0.25, 0.3) is 0 Å². The second-order valence-electron chi connectivity index (χ2n) is 6.82. The molecule has 0 heterocycles. The van der Waals surface area contributed by atoms with Crippen LogP contribution in [0.4, 0.5) is 18.9 Å². The van der Waals surface area contributed by atoms with Crippen LogP contribution in [0.25, 0.3) is 0 Å². The van der Waals surface area contributed by atoms with E-state index >= 15 is 0 Å². The third-order valence-electron chi connectivity index (χ3n) is 3.54. The van der Waals surface area contributed by atoms with Crippen molar-refractivity contribution in [2.45, 2.75) is 51.8 Å². The summed E-state index contributed by atoms with van der Waals surface area (Å²) in [6, 6.07) is 4.04. The molecule has 0 radical (unpaired) electrons. The zero-order chi connectivity index (χ0) is 20.5. The largest absolute Gasteiger partial charge is 0.471 e. The second-order valence-corrected chi connectivity index (χ2v) is 8.07. The van der Waals surface area contributed by atoms with Crippen molar-refractivity contribution in [2.24, 2.45) is 0 Å². The van der Waals surface area contributed by atoms with Crippen LogP contribution in [0.15, 0.2) is 18.2 Å². The molecule has 5 nitrogen and oxygen atoms in total. The molecule has 1 N–H and O–H groups in total. The van der Waals surface area contributed by atoms with Crippen molar-refractivity contribution in [3.63, 3.8) is 0 Å². The highest BCUT2D eigenvalue weighted by Gasteiger charge is 2.46. The van der Waals surface area contributed by atoms with E-state index in [-0.39, 0.29) is 11.3 Å². The van der Waals surface area contributed by atoms with Crippen LogP contribution in [-0.4, -0.2) is 29.4 Å². The van der Waals surface area contributed by atoms with Gasteiger partial charge in [0.2, 0.25) is 0 Å². The molecule has 0 aromatic heterocycles. The predicted octanol–water partition coefficient (Wildman–Crippen LogP) is 3.98. The van der Waals surface area contributed by atoms with Gasteiger partial charge in [0.1, 0.15) is 11.0 Å². The van der Waals surface area contributed by atoms with Gasteiger partial charge < -0.3 is 10.1 Å². The summed E-state index contributed by atoms with van der Waals surface area (Å²) in [6.07, 6.45) is -5.11. The standard InChI is InChI=1S/C17H19F3INO4/c1-9(23)16(5,14(25)26-15(2,3)4)11-8-10(21)6-7-12(11)22-13(24)17(18,19)20/h6-8H,1-5H3,(H,22,24)/t16-/m0/s1. The molecule has 26 heavy (non-hydrogen) atoms. The molecule has 144 valence electrons. The maximum absolute atomic E-state index is 12.7. The van der Waals surface area contributed by atoms with Gasteiger partial charge in [-0.15, -0.1) is 0 Å². The number of esters is 1. The predicted molar refractivity (Wildman–Crippen MR) is 97.7 cm³/mol. The molecule has 0 unspecified atom stereocenters. The Balaban J connectivity index is 3.52. The Labute approximate surface area is 162 Å². The van der Waals surface area contributed by atoms with Gasteiger partial charge in [-0.1, -0.05) is 0 Å². The molecule has 1 aromatic carbocycles. The number of hydrogen-bond donors (Lipinski definition) is 1. The highest BCUT2D eigenvalue weighted by atomic mass is 127. The van der Waals surface area contributed by atoms with Crippen LogP contribution in [0.3, 0.4) is 0 Å². The number of benzene rings is 1. The number of carbonyl (C=O) groups is 3. The van der Waals surface area contributed by atoms with E-state index < -0.39 is 34.9 Å². The van der Waals surface area contributed by atoms with E-state index in [0.717, 1.165) is 6.92 Å². The lowest BCUT2D eigenvalue weighted by Gasteiger charge is -2.31. The number of ketones is 1. The monoisotopic (exact) mass is 485 g/mol. The first-order valence-corrected chi connectivity index (χ1v) is 8.59. The normalized spacial score (nSPS) is 14.3. The SMILES string of the molecule is CC(=O)[C@](C)(C(=O)OC(C)(C)C)c1cc(I)ccc1NC(=O)C(F)(F)F. The van der Waals surface area contributed by atoms with Gasteiger partial charge in [0, 0.05) is 14.8 Å². The van der Waals surface area contributed by atoms with Gasteiger partial charge in [-0.2, -0.15) is 13.2 Å². The zero-order valence-electron chi connectivity index (χ0n) is 14.9. The Morgan fingerprint density at radius 2 is 1.62 bits per heavy atom. The maximum atomic E-state index is 12.7. The van der Waals surface area contributed by atoms with Crippen molar-refractivity contribution >= 4 is 45.9 Å². The number of nitrogens with one attached hydrogen (secondary N) is 1. The molecule has 9 heteroatoms. The summed E-state index contributed by atoms with van der Waals surface area (Å²) in [5.41, 5.74) is -3.15. The van der Waals surface area contributed by atoms with Crippen molar-refractivity contribution in [3.8, 4) is 0 Å². The fourth-order valence-electron chi connectivity index (χ4n) is 2.06. The molecule has 1 rings (SSSR count). The van der Waals surface area contributed by atoms with Gasteiger partial charge in [0.15, 0.2) is 5.78 Å². The van der Waals surface area contributed by atoms with Crippen molar-refractivity contribution in [2.75, 3.05) is 5.32 Å². The lowest BCUT2D eigenvalue weighted by molar-refractivity contribution is -0.167. The van der Waals surface area contributed by atoms with Crippen LogP contribution in [0.1, 0.15) is 40.2 Å². The molecule has 0 fully saturated rings. The van der Waals surface area contributed by atoms with Gasteiger partial charge in [0.05, 0.1) is 0 Å². The minimum atomic E-state index is -5.11. The van der Waals surface area contributed by atoms with Crippen LogP contribution >= 0.6 is 22.6 Å². The quantitative estimate of drug-likeness (QED) is 0.398. The van der Waals surface area contributed by atoms with Gasteiger partial charge in [-0.05, 0) is 75.4 Å². The summed E-state index contributed by atoms with van der Waals surface area (Å²) >= 11 is 1.89. The first-order chi connectivity index (χ1) is 11.6. The van der Waals surface area contributed by atoms with E-state index in [4.69, 9.17) is 4.74 Å². The Bertz CT molecular complexity index is 741. The molecule has 0 saturated carbocycles. The van der Waals surface area contributed by atoms with Crippen molar-refractivity contribution in [3.05, 3.63) is 27.3 Å². The molecule has 0 spiro atoms. The third-order valence-corrected chi connectivity index (χ3v) is 4.21. The van der Waals surface area contributed by atoms with Crippen LogP contribution in [0.2, 0.25) is 0 Å². The Morgan fingerprint density at radius 3 is 2.04 bits per heavy atom. The van der Waals surface area contributed by atoms with E-state index in [0.29, 0.717) is 3.57 Å². The minimum Gasteiger partial charge on any atom is -0.459 e. The smallest absolute Gasteiger partial charge is 0.459 e. The molecule has 1 aromatic rings. The Morgan fingerprint density at radius 1 is 1.08 bits per heavy atom. The number of carbonyl (C=O) groups excluding carboxylic acids is 3. The number of halogens is 4. The van der Waals surface area contributed by atoms with E-state index in [1.54, 1.807) is 26.1 Å². The molecule has 0 aliphatic rings. The highest BCUT2D eigenvalue weighted by molar-refractivity contribution is 14.1. The summed E-state index contributed by atoms with van der Waals surface area (Å²) < 4.78 is 43.7. The van der Waals surface area contributed by atoms with Crippen LogP contribution < -0.4 is 5.32 Å². The number of Topliss-reactive ketones (excluding diaryl/α,β-unsaturated/α-hetero) is 1. The van der Waals surface area contributed by atoms with Gasteiger partial charge in [-0.25, -0.2) is 0 Å². The summed E-state index contributed by atoms with van der Waals surface area (Å²) in [5, 5.41) is 1.73. The summed E-state index contributed by atoms with van der Waals surface area (Å²) in [5.74, 6) is -3.74. The molecule has 0 aliphatic heterocycles. The summed E-state index contributed by atoms with van der Waals surface area (Å²) in [6.45, 7) is 7.21. The first-order valence-electron chi connectivity index (χ1n) is 7.51. The maximum Gasteiger partial charge on any atom is 0.471 e. The van der Waals surface area contributed by atoms with E-state index in [2.05, 4.69) is 0 Å². The van der Waals surface area contributed by atoms with Crippen LogP contribution in [0.5, 0.6) is 0 Å². The summed E-state index contributed by atoms with van der Waals surface area (Å²) in [7, 11) is 0. The first kappa shape index (κ1) is 22.4. The van der Waals surface area contributed by atoms with Crippen LogP contribution in [0, 0.1) is 3.57 Å². The van der Waals surface area contributed by atoms with Gasteiger partial charge in [-0.3, -0.25) is 14.4 Å². The minimum absolute atomic E-state index is 0.0660. The lowest BCUT2D eigenvalue weighted by Crippen LogP contribution is -2.45. The average Bonchev–Trinajstić information content (AvgIpc) is 2.45. The summed E-state index contributed by atoms with van der Waals surface area (Å²) in [4.78, 5) is 36.3. The van der Waals surface area contributed by atoms with Crippen molar-refractivity contribution < 1.29 is 32.3 Å². The molecule has 1 atom stereocenters. The fourth-order valence-corrected chi connectivity index (χ4v) is 2.55. The third kappa shape index (κ3) is 5.18. The number of anilines is 1. The average molecular weight is 485 g/mol. The molecule has 0 saturated heterocycles. The van der Waals surface area contributed by atoms with E-state index in [1.165, 1.54) is 25.1 Å². The molecular weight excluding hydrogens is 466 g/mol. The molecule has 0 bridgehead atoms. The zero-order valence-corrected chi connectivity index (χ0v) is 17.0. The second kappa shape index (κ2) is 7.53. The molecule has 0 aliphatic carbocycles. The van der Waals surface area contributed by atoms with E-state index in [1.807, 2.05) is 22.6 Å². The number of amides is 1. The molecule has 1 amide bonds. The fraction of sp³-hybridized carbons (Fsp3) is 0.471. The number of alkyl halides is 3. The number of rotatable bonds is 4. The van der Waals surface area contributed by atoms with Crippen LogP contribution in [-0.2, 0) is 24.5 Å². The van der Waals surface area contributed by atoms with E-state index in [9.17, 15) is 27.6 Å². The van der Waals surface area contributed by atoms with Crippen molar-refractivity contribution in [1.82, 2.24) is 0 Å². The molecular formula is C17H19F3INO4. The topological polar surface area (TPSA) is 72.5 Å². The number of ether oxygens (including phenoxy) is 1. The lowest BCUT2D eigenvalue weighted by atomic mass is 9.78. The highest BCUT2D eigenvalue weighted by Crippen LogP contribution is 2.36. The number of hydrogen-bond acceptors (Lipinski definition) is 4. The Hall–Kier alpha value is -1.65. The van der Waals surface area contributed by atoms with Crippen molar-refractivity contribution in [1.29, 1.82) is 0 Å². The van der Waals surface area contributed by atoms with Gasteiger partial charge >= 0.3 is 18.1 Å².